The minimum atomic E-state index is -0.435. The van der Waals surface area contributed by atoms with Gasteiger partial charge in [0.25, 0.3) is 5.91 Å². The minimum absolute atomic E-state index is 0.184. The zero-order valence-electron chi connectivity index (χ0n) is 16.2. The highest BCUT2D eigenvalue weighted by molar-refractivity contribution is 7.99. The fourth-order valence-electron chi connectivity index (χ4n) is 2.60. The normalized spacial score (nSPS) is 11.0. The Bertz CT molecular complexity index is 1080. The molecule has 9 heteroatoms. The van der Waals surface area contributed by atoms with E-state index < -0.39 is 5.97 Å². The van der Waals surface area contributed by atoms with Crippen molar-refractivity contribution < 1.29 is 19.1 Å². The maximum Gasteiger partial charge on any atom is 0.308 e. The highest BCUT2D eigenvalue weighted by atomic mass is 32.2. The van der Waals surface area contributed by atoms with Crippen LogP contribution in [0.25, 0.3) is 11.0 Å². The number of nitrogens with one attached hydrogen (secondary N) is 1. The summed E-state index contributed by atoms with van der Waals surface area (Å²) in [5, 5.41) is 4.72. The summed E-state index contributed by atoms with van der Waals surface area (Å²) in [6, 6.07) is 12.8. The van der Waals surface area contributed by atoms with Crippen LogP contribution in [0.5, 0.6) is 11.5 Å². The Morgan fingerprint density at radius 2 is 2.03 bits per heavy atom. The lowest BCUT2D eigenvalue weighted by molar-refractivity contribution is -0.132. The molecule has 0 radical (unpaired) electrons. The maximum absolute atomic E-state index is 12.1. The Morgan fingerprint density at radius 1 is 1.24 bits per heavy atom. The summed E-state index contributed by atoms with van der Waals surface area (Å²) in [7, 11) is 3.39. The highest BCUT2D eigenvalue weighted by Crippen LogP contribution is 2.27. The van der Waals surface area contributed by atoms with Crippen LogP contribution in [0.2, 0.25) is 0 Å². The minimum Gasteiger partial charge on any atom is -0.493 e. The highest BCUT2D eigenvalue weighted by Gasteiger charge is 2.10. The third-order valence-electron chi connectivity index (χ3n) is 3.92. The van der Waals surface area contributed by atoms with Gasteiger partial charge >= 0.3 is 5.97 Å². The lowest BCUT2D eigenvalue weighted by Crippen LogP contribution is -2.19. The number of rotatable bonds is 7. The summed E-state index contributed by atoms with van der Waals surface area (Å²) in [5.41, 5.74) is 5.07. The Labute approximate surface area is 171 Å². The van der Waals surface area contributed by atoms with E-state index in [0.717, 1.165) is 16.2 Å². The van der Waals surface area contributed by atoms with E-state index in [1.54, 1.807) is 18.2 Å². The molecule has 0 aliphatic rings. The molecule has 0 unspecified atom stereocenters. The number of hydrazone groups is 1. The molecular formula is C20H20N4O4S. The van der Waals surface area contributed by atoms with E-state index in [0.29, 0.717) is 17.1 Å². The van der Waals surface area contributed by atoms with Crippen molar-refractivity contribution >= 4 is 40.9 Å². The van der Waals surface area contributed by atoms with Crippen molar-refractivity contribution in [3.05, 3.63) is 48.0 Å². The number of ether oxygens (including phenoxy) is 2. The van der Waals surface area contributed by atoms with Gasteiger partial charge in [0, 0.05) is 14.0 Å². The second-order valence-corrected chi connectivity index (χ2v) is 6.97. The summed E-state index contributed by atoms with van der Waals surface area (Å²) < 4.78 is 12.2. The number of thioether (sulfide) groups is 1. The number of esters is 1. The van der Waals surface area contributed by atoms with Gasteiger partial charge in [-0.1, -0.05) is 23.9 Å². The number of fused-ring (bicyclic) bond motifs is 1. The molecule has 0 fully saturated rings. The molecule has 1 amide bonds. The second-order valence-electron chi connectivity index (χ2n) is 6.03. The number of methoxy groups -OCH3 is 1. The van der Waals surface area contributed by atoms with E-state index in [1.807, 2.05) is 35.9 Å². The van der Waals surface area contributed by atoms with Crippen molar-refractivity contribution in [1.82, 2.24) is 15.0 Å². The largest absolute Gasteiger partial charge is 0.493 e. The van der Waals surface area contributed by atoms with Crippen molar-refractivity contribution in [2.24, 2.45) is 12.1 Å². The van der Waals surface area contributed by atoms with Crippen LogP contribution in [0, 0.1) is 0 Å². The van der Waals surface area contributed by atoms with Crippen LogP contribution in [0.4, 0.5) is 0 Å². The van der Waals surface area contributed by atoms with Crippen LogP contribution in [0.3, 0.4) is 0 Å². The molecule has 0 saturated carbocycles. The second kappa shape index (κ2) is 9.24. The van der Waals surface area contributed by atoms with E-state index in [4.69, 9.17) is 9.47 Å². The van der Waals surface area contributed by atoms with E-state index in [2.05, 4.69) is 15.5 Å². The molecule has 0 atom stereocenters. The van der Waals surface area contributed by atoms with Gasteiger partial charge in [-0.2, -0.15) is 5.10 Å². The zero-order chi connectivity index (χ0) is 20.8. The maximum atomic E-state index is 12.1. The summed E-state index contributed by atoms with van der Waals surface area (Å²) in [6.45, 7) is 1.32. The summed E-state index contributed by atoms with van der Waals surface area (Å²) >= 11 is 1.34. The summed E-state index contributed by atoms with van der Waals surface area (Å²) in [6.07, 6.45) is 1.48. The van der Waals surface area contributed by atoms with E-state index in [9.17, 15) is 9.59 Å². The Hall–Kier alpha value is -3.33. The van der Waals surface area contributed by atoms with Gasteiger partial charge in [-0.05, 0) is 35.9 Å². The number of amides is 1. The Morgan fingerprint density at radius 3 is 2.76 bits per heavy atom. The van der Waals surface area contributed by atoms with Crippen LogP contribution in [-0.4, -0.2) is 40.5 Å². The first-order valence-corrected chi connectivity index (χ1v) is 9.69. The number of nitrogens with zero attached hydrogens (tertiary/aromatic N) is 3. The number of hydrogen-bond acceptors (Lipinski definition) is 7. The molecular weight excluding hydrogens is 392 g/mol. The number of carbonyl (C=O) groups is 2. The molecule has 0 aliphatic carbocycles. The third kappa shape index (κ3) is 5.14. The molecule has 0 bridgehead atoms. The summed E-state index contributed by atoms with van der Waals surface area (Å²) in [5.74, 6) is 0.216. The quantitative estimate of drug-likeness (QED) is 0.211. The van der Waals surface area contributed by atoms with Gasteiger partial charge in [0.1, 0.15) is 0 Å². The average molecular weight is 412 g/mol. The average Bonchev–Trinajstić information content (AvgIpc) is 3.03. The standard InChI is InChI=1S/C20H20N4O4S/c1-13(25)28-17-9-8-14(10-18(17)27-3)11-21-23-19(26)12-29-20-22-15-6-4-5-7-16(15)24(20)2/h4-11H,12H2,1-3H3,(H,23,26). The Balaban J connectivity index is 1.56. The first-order valence-electron chi connectivity index (χ1n) is 8.70. The van der Waals surface area contributed by atoms with Crippen LogP contribution >= 0.6 is 11.8 Å². The molecule has 150 valence electrons. The molecule has 0 saturated heterocycles. The lowest BCUT2D eigenvalue weighted by Gasteiger charge is -2.08. The smallest absolute Gasteiger partial charge is 0.308 e. The van der Waals surface area contributed by atoms with Gasteiger partial charge in [-0.15, -0.1) is 0 Å². The number of carbonyl (C=O) groups excluding carboxylic acids is 2. The first kappa shape index (κ1) is 20.4. The fraction of sp³-hybridized carbons (Fsp3) is 0.200. The number of hydrogen-bond donors (Lipinski definition) is 1. The van der Waals surface area contributed by atoms with Gasteiger partial charge < -0.3 is 14.0 Å². The predicted molar refractivity (Wildman–Crippen MR) is 111 cm³/mol. The number of para-hydroxylation sites is 2. The molecule has 8 nitrogen and oxygen atoms in total. The molecule has 0 aliphatic heterocycles. The van der Waals surface area contributed by atoms with Gasteiger partial charge in [0.15, 0.2) is 16.7 Å². The van der Waals surface area contributed by atoms with E-state index in [-0.39, 0.29) is 11.7 Å². The topological polar surface area (TPSA) is 94.8 Å². The van der Waals surface area contributed by atoms with Crippen molar-refractivity contribution in [2.75, 3.05) is 12.9 Å². The van der Waals surface area contributed by atoms with Gasteiger partial charge in [-0.25, -0.2) is 10.4 Å². The fourth-order valence-corrected chi connectivity index (χ4v) is 3.38. The van der Waals surface area contributed by atoms with Crippen molar-refractivity contribution in [2.45, 2.75) is 12.1 Å². The molecule has 1 heterocycles. The van der Waals surface area contributed by atoms with Crippen molar-refractivity contribution in [3.63, 3.8) is 0 Å². The third-order valence-corrected chi connectivity index (χ3v) is 4.95. The van der Waals surface area contributed by atoms with Gasteiger partial charge in [0.2, 0.25) is 0 Å². The molecule has 3 rings (SSSR count). The Kier molecular flexibility index (Phi) is 6.50. The zero-order valence-corrected chi connectivity index (χ0v) is 17.0. The first-order chi connectivity index (χ1) is 14.0. The predicted octanol–water partition coefficient (Wildman–Crippen LogP) is 2.75. The van der Waals surface area contributed by atoms with Crippen molar-refractivity contribution in [3.8, 4) is 11.5 Å². The molecule has 3 aromatic rings. The monoisotopic (exact) mass is 412 g/mol. The van der Waals surface area contributed by atoms with Gasteiger partial charge in [-0.3, -0.25) is 9.59 Å². The van der Waals surface area contributed by atoms with Crippen LogP contribution < -0.4 is 14.9 Å². The number of benzene rings is 2. The number of imidazole rings is 1. The SMILES string of the molecule is COc1cc(C=NNC(=O)CSc2nc3ccccc3n2C)ccc1OC(C)=O. The van der Waals surface area contributed by atoms with Crippen molar-refractivity contribution in [1.29, 1.82) is 0 Å². The molecule has 0 spiro atoms. The van der Waals surface area contributed by atoms with E-state index >= 15 is 0 Å². The number of aryl methyl sites for hydroxylation is 1. The van der Waals surface area contributed by atoms with Crippen LogP contribution in [0.1, 0.15) is 12.5 Å². The summed E-state index contributed by atoms with van der Waals surface area (Å²) in [4.78, 5) is 27.7. The molecule has 2 aromatic carbocycles. The molecule has 29 heavy (non-hydrogen) atoms. The van der Waals surface area contributed by atoms with Crippen LogP contribution in [-0.2, 0) is 16.6 Å². The number of aromatic nitrogens is 2. The van der Waals surface area contributed by atoms with Gasteiger partial charge in [0.05, 0.1) is 30.1 Å². The van der Waals surface area contributed by atoms with Crippen LogP contribution in [0.15, 0.2) is 52.7 Å². The molecule has 1 N–H and O–H groups in total. The van der Waals surface area contributed by atoms with E-state index in [1.165, 1.54) is 32.0 Å². The lowest BCUT2D eigenvalue weighted by atomic mass is 10.2. The molecule has 1 aromatic heterocycles.